The van der Waals surface area contributed by atoms with Crippen LogP contribution in [0.3, 0.4) is 0 Å². The van der Waals surface area contributed by atoms with Gasteiger partial charge in [-0.3, -0.25) is 4.99 Å². The highest BCUT2D eigenvalue weighted by Gasteiger charge is 2.18. The fraction of sp³-hybridized carbons (Fsp3) is 0.727. The number of nitrogens with one attached hydrogen (secondary N) is 2. The van der Waals surface area contributed by atoms with E-state index in [2.05, 4.69) is 20.5 Å². The third-order valence-electron chi connectivity index (χ3n) is 2.95. The second kappa shape index (κ2) is 5.16. The van der Waals surface area contributed by atoms with Crippen LogP contribution < -0.4 is 10.6 Å². The SMILES string of the molecule is CN=C/C(=C1/CNCCN1)N1CCCC1. The summed E-state index contributed by atoms with van der Waals surface area (Å²) >= 11 is 0. The molecule has 0 amide bonds. The summed E-state index contributed by atoms with van der Waals surface area (Å²) in [5.41, 5.74) is 2.58. The van der Waals surface area contributed by atoms with Crippen molar-refractivity contribution in [2.75, 3.05) is 39.8 Å². The van der Waals surface area contributed by atoms with Crippen LogP contribution in [0.25, 0.3) is 0 Å². The van der Waals surface area contributed by atoms with Crippen LogP contribution in [-0.4, -0.2) is 50.9 Å². The van der Waals surface area contributed by atoms with E-state index in [4.69, 9.17) is 0 Å². The molecule has 2 saturated heterocycles. The van der Waals surface area contributed by atoms with E-state index in [0.29, 0.717) is 0 Å². The molecule has 2 rings (SSSR count). The molecule has 4 nitrogen and oxygen atoms in total. The van der Waals surface area contributed by atoms with Crippen LogP contribution in [-0.2, 0) is 0 Å². The first kappa shape index (κ1) is 10.5. The molecular formula is C11H20N4. The Hall–Kier alpha value is -1.03. The van der Waals surface area contributed by atoms with Crippen molar-refractivity contribution in [3.8, 4) is 0 Å². The molecule has 0 bridgehead atoms. The van der Waals surface area contributed by atoms with Gasteiger partial charge >= 0.3 is 0 Å². The fourth-order valence-electron chi connectivity index (χ4n) is 2.19. The molecule has 0 radical (unpaired) electrons. The van der Waals surface area contributed by atoms with Crippen molar-refractivity contribution in [2.24, 2.45) is 4.99 Å². The van der Waals surface area contributed by atoms with Crippen molar-refractivity contribution in [3.05, 3.63) is 11.4 Å². The van der Waals surface area contributed by atoms with Crippen LogP contribution >= 0.6 is 0 Å². The van der Waals surface area contributed by atoms with Gasteiger partial charge in [-0.25, -0.2) is 0 Å². The Bertz CT molecular complexity index is 256. The van der Waals surface area contributed by atoms with Crippen molar-refractivity contribution in [1.82, 2.24) is 15.5 Å². The maximum absolute atomic E-state index is 4.16. The summed E-state index contributed by atoms with van der Waals surface area (Å²) in [6.45, 7) is 5.36. The highest BCUT2D eigenvalue weighted by Crippen LogP contribution is 2.15. The largest absolute Gasteiger partial charge is 0.384 e. The number of hydrogen-bond donors (Lipinski definition) is 2. The molecule has 2 heterocycles. The third-order valence-corrected chi connectivity index (χ3v) is 2.95. The molecule has 0 aliphatic carbocycles. The van der Waals surface area contributed by atoms with E-state index in [1.165, 1.54) is 37.3 Å². The average Bonchev–Trinajstić information content (AvgIpc) is 2.80. The number of likely N-dealkylation sites (tertiary alicyclic amines) is 1. The summed E-state index contributed by atoms with van der Waals surface area (Å²) in [5, 5.41) is 6.85. The molecule has 2 aliphatic rings. The molecule has 0 unspecified atom stereocenters. The van der Waals surface area contributed by atoms with Crippen LogP contribution in [0, 0.1) is 0 Å². The van der Waals surface area contributed by atoms with Crippen molar-refractivity contribution in [2.45, 2.75) is 12.8 Å². The number of aliphatic imine (C=N–C) groups is 1. The Morgan fingerprint density at radius 3 is 2.73 bits per heavy atom. The van der Waals surface area contributed by atoms with Crippen molar-refractivity contribution in [1.29, 1.82) is 0 Å². The second-order valence-electron chi connectivity index (χ2n) is 4.05. The van der Waals surface area contributed by atoms with Gasteiger partial charge in [-0.1, -0.05) is 0 Å². The van der Waals surface area contributed by atoms with Crippen LogP contribution in [0.4, 0.5) is 0 Å². The Morgan fingerprint density at radius 1 is 1.33 bits per heavy atom. The van der Waals surface area contributed by atoms with Gasteiger partial charge in [0, 0.05) is 46.0 Å². The summed E-state index contributed by atoms with van der Waals surface area (Å²) in [7, 11) is 1.84. The van der Waals surface area contributed by atoms with Crippen LogP contribution in [0.5, 0.6) is 0 Å². The maximum atomic E-state index is 4.16. The summed E-state index contributed by atoms with van der Waals surface area (Å²) in [5.74, 6) is 0. The zero-order chi connectivity index (χ0) is 10.5. The standard InChI is InChI=1S/C11H20N4/c1-12-9-11(15-6-2-3-7-15)10-8-13-4-5-14-10/h9,13-14H,2-8H2,1H3/b11-10+,12-9?. The predicted molar refractivity (Wildman–Crippen MR) is 63.1 cm³/mol. The van der Waals surface area contributed by atoms with E-state index >= 15 is 0 Å². The van der Waals surface area contributed by atoms with Gasteiger partial charge < -0.3 is 15.5 Å². The first-order chi connectivity index (χ1) is 7.42. The van der Waals surface area contributed by atoms with Crippen LogP contribution in [0.1, 0.15) is 12.8 Å². The number of rotatable bonds is 2. The summed E-state index contributed by atoms with van der Waals surface area (Å²) in [4.78, 5) is 6.60. The average molecular weight is 208 g/mol. The zero-order valence-corrected chi connectivity index (χ0v) is 9.42. The molecular weight excluding hydrogens is 188 g/mol. The molecule has 2 fully saturated rings. The minimum absolute atomic E-state index is 0.942. The van der Waals surface area contributed by atoms with Crippen LogP contribution in [0.2, 0.25) is 0 Å². The van der Waals surface area contributed by atoms with E-state index in [-0.39, 0.29) is 0 Å². The molecule has 2 aliphatic heterocycles. The minimum atomic E-state index is 0.942. The Morgan fingerprint density at radius 2 is 2.13 bits per heavy atom. The van der Waals surface area contributed by atoms with Gasteiger partial charge in [-0.15, -0.1) is 0 Å². The van der Waals surface area contributed by atoms with Gasteiger partial charge in [0.2, 0.25) is 0 Å². The number of hydrogen-bond acceptors (Lipinski definition) is 4. The summed E-state index contributed by atoms with van der Waals surface area (Å²) in [6.07, 6.45) is 4.60. The lowest BCUT2D eigenvalue weighted by molar-refractivity contribution is 0.432. The van der Waals surface area contributed by atoms with E-state index < -0.39 is 0 Å². The molecule has 0 atom stereocenters. The first-order valence-electron chi connectivity index (χ1n) is 5.76. The Labute approximate surface area is 91.4 Å². The highest BCUT2D eigenvalue weighted by molar-refractivity contribution is 5.79. The molecule has 15 heavy (non-hydrogen) atoms. The van der Waals surface area contributed by atoms with Gasteiger partial charge in [0.15, 0.2) is 0 Å². The Balaban J connectivity index is 2.15. The van der Waals surface area contributed by atoms with Gasteiger partial charge in [-0.2, -0.15) is 0 Å². The van der Waals surface area contributed by atoms with E-state index in [1.54, 1.807) is 0 Å². The van der Waals surface area contributed by atoms with Crippen molar-refractivity contribution >= 4 is 6.21 Å². The molecule has 0 saturated carbocycles. The van der Waals surface area contributed by atoms with Gasteiger partial charge in [0.05, 0.1) is 11.4 Å². The lowest BCUT2D eigenvalue weighted by Gasteiger charge is -2.26. The van der Waals surface area contributed by atoms with Gasteiger partial charge in [0.1, 0.15) is 0 Å². The molecule has 2 N–H and O–H groups in total. The van der Waals surface area contributed by atoms with Crippen molar-refractivity contribution in [3.63, 3.8) is 0 Å². The van der Waals surface area contributed by atoms with E-state index in [0.717, 1.165) is 19.6 Å². The number of allylic oxidation sites excluding steroid dienone is 1. The quantitative estimate of drug-likeness (QED) is 0.636. The van der Waals surface area contributed by atoms with Crippen LogP contribution in [0.15, 0.2) is 16.4 Å². The van der Waals surface area contributed by atoms with E-state index in [1.807, 2.05) is 13.3 Å². The molecule has 84 valence electrons. The fourth-order valence-corrected chi connectivity index (χ4v) is 2.19. The molecule has 0 aromatic rings. The lowest BCUT2D eigenvalue weighted by atomic mass is 10.2. The van der Waals surface area contributed by atoms with Crippen molar-refractivity contribution < 1.29 is 0 Å². The third kappa shape index (κ3) is 2.50. The predicted octanol–water partition coefficient (Wildman–Crippen LogP) is 0.187. The number of nitrogens with zero attached hydrogens (tertiary/aromatic N) is 2. The zero-order valence-electron chi connectivity index (χ0n) is 9.42. The first-order valence-corrected chi connectivity index (χ1v) is 5.76. The normalized spacial score (nSPS) is 25.8. The maximum Gasteiger partial charge on any atom is 0.0753 e. The monoisotopic (exact) mass is 208 g/mol. The lowest BCUT2D eigenvalue weighted by Crippen LogP contribution is -2.41. The summed E-state index contributed by atoms with van der Waals surface area (Å²) < 4.78 is 0. The molecule has 0 aromatic carbocycles. The van der Waals surface area contributed by atoms with Gasteiger partial charge in [0.25, 0.3) is 0 Å². The smallest absolute Gasteiger partial charge is 0.0753 e. The number of piperazine rings is 1. The second-order valence-corrected chi connectivity index (χ2v) is 4.05. The Kier molecular flexibility index (Phi) is 3.61. The van der Waals surface area contributed by atoms with E-state index in [9.17, 15) is 0 Å². The molecule has 4 heteroatoms. The molecule has 0 aromatic heterocycles. The minimum Gasteiger partial charge on any atom is -0.384 e. The van der Waals surface area contributed by atoms with Gasteiger partial charge in [-0.05, 0) is 12.8 Å². The highest BCUT2D eigenvalue weighted by atomic mass is 15.2. The summed E-state index contributed by atoms with van der Waals surface area (Å²) in [6, 6.07) is 0. The molecule has 0 spiro atoms. The topological polar surface area (TPSA) is 39.7 Å².